The standard InChI is InChI=1S/C18H31N3O2/c1-12(17-8-13-4-5-14(17)7-13)20-18(22)19-9-16-10-21-6-2-3-15(21)11-23-16/h12-17H,2-11H2,1H3,(H2,19,20,22)/t12-,13-,14-,15-,16+,17+/m0/s1. The van der Waals surface area contributed by atoms with E-state index < -0.39 is 0 Å². The molecule has 2 aliphatic carbocycles. The molecule has 2 heterocycles. The fourth-order valence-corrected chi connectivity index (χ4v) is 5.49. The van der Waals surface area contributed by atoms with E-state index in [1.807, 2.05) is 0 Å². The monoisotopic (exact) mass is 321 g/mol. The van der Waals surface area contributed by atoms with Crippen LogP contribution >= 0.6 is 0 Å². The third-order valence-corrected chi connectivity index (χ3v) is 6.75. The highest BCUT2D eigenvalue weighted by Gasteiger charge is 2.42. The van der Waals surface area contributed by atoms with E-state index in [1.165, 1.54) is 45.1 Å². The number of fused-ring (bicyclic) bond motifs is 3. The molecule has 4 rings (SSSR count). The van der Waals surface area contributed by atoms with Crippen molar-refractivity contribution in [2.24, 2.45) is 17.8 Å². The van der Waals surface area contributed by atoms with Gasteiger partial charge in [-0.1, -0.05) is 6.42 Å². The lowest BCUT2D eigenvalue weighted by Crippen LogP contribution is -2.52. The van der Waals surface area contributed by atoms with E-state index in [-0.39, 0.29) is 12.1 Å². The van der Waals surface area contributed by atoms with Crippen molar-refractivity contribution in [2.75, 3.05) is 26.2 Å². The molecule has 23 heavy (non-hydrogen) atoms. The number of rotatable bonds is 4. The van der Waals surface area contributed by atoms with E-state index in [0.29, 0.717) is 24.5 Å². The maximum atomic E-state index is 12.2. The molecule has 2 bridgehead atoms. The number of urea groups is 1. The zero-order valence-corrected chi connectivity index (χ0v) is 14.3. The second-order valence-electron chi connectivity index (χ2n) is 8.23. The number of amides is 2. The van der Waals surface area contributed by atoms with Gasteiger partial charge in [0, 0.05) is 25.2 Å². The highest BCUT2D eigenvalue weighted by molar-refractivity contribution is 5.74. The Balaban J connectivity index is 1.18. The minimum Gasteiger partial charge on any atom is -0.373 e. The summed E-state index contributed by atoms with van der Waals surface area (Å²) in [6, 6.07) is 0.894. The lowest BCUT2D eigenvalue weighted by Gasteiger charge is -2.35. The van der Waals surface area contributed by atoms with E-state index in [2.05, 4.69) is 22.5 Å². The van der Waals surface area contributed by atoms with Gasteiger partial charge in [-0.3, -0.25) is 4.90 Å². The van der Waals surface area contributed by atoms with Gasteiger partial charge in [-0.25, -0.2) is 4.79 Å². The van der Waals surface area contributed by atoms with Gasteiger partial charge in [0.25, 0.3) is 0 Å². The number of hydrogen-bond acceptors (Lipinski definition) is 3. The van der Waals surface area contributed by atoms with Gasteiger partial charge in [-0.05, 0) is 63.3 Å². The Hall–Kier alpha value is -0.810. The zero-order chi connectivity index (χ0) is 15.8. The van der Waals surface area contributed by atoms with Gasteiger partial charge >= 0.3 is 6.03 Å². The molecule has 0 aromatic rings. The van der Waals surface area contributed by atoms with Crippen molar-refractivity contribution in [3.05, 3.63) is 0 Å². The van der Waals surface area contributed by atoms with Gasteiger partial charge < -0.3 is 15.4 Å². The number of carbonyl (C=O) groups is 1. The van der Waals surface area contributed by atoms with Gasteiger partial charge in [0.2, 0.25) is 0 Å². The fourth-order valence-electron chi connectivity index (χ4n) is 5.49. The van der Waals surface area contributed by atoms with Crippen LogP contribution in [0.15, 0.2) is 0 Å². The quantitative estimate of drug-likeness (QED) is 0.832. The molecule has 130 valence electrons. The summed E-state index contributed by atoms with van der Waals surface area (Å²) in [4.78, 5) is 14.7. The van der Waals surface area contributed by atoms with Crippen molar-refractivity contribution in [1.29, 1.82) is 0 Å². The summed E-state index contributed by atoms with van der Waals surface area (Å²) < 4.78 is 5.90. The van der Waals surface area contributed by atoms with Crippen LogP contribution in [0.1, 0.15) is 45.4 Å². The average molecular weight is 321 g/mol. The number of morpholine rings is 1. The molecule has 0 aromatic heterocycles. The van der Waals surface area contributed by atoms with Crippen molar-refractivity contribution < 1.29 is 9.53 Å². The maximum absolute atomic E-state index is 12.2. The van der Waals surface area contributed by atoms with Crippen LogP contribution in [0.2, 0.25) is 0 Å². The molecule has 0 unspecified atom stereocenters. The summed E-state index contributed by atoms with van der Waals surface area (Å²) >= 11 is 0. The third kappa shape index (κ3) is 3.36. The first-order valence-electron chi connectivity index (χ1n) is 9.59. The summed E-state index contributed by atoms with van der Waals surface area (Å²) in [6.07, 6.45) is 8.19. The molecular formula is C18H31N3O2. The second kappa shape index (κ2) is 6.60. The van der Waals surface area contributed by atoms with Crippen LogP contribution in [0.4, 0.5) is 4.79 Å². The van der Waals surface area contributed by atoms with E-state index in [4.69, 9.17) is 4.74 Å². The Kier molecular flexibility index (Phi) is 4.50. The second-order valence-corrected chi connectivity index (χ2v) is 8.23. The Morgan fingerprint density at radius 2 is 2.22 bits per heavy atom. The van der Waals surface area contributed by atoms with Gasteiger partial charge in [0.05, 0.1) is 12.7 Å². The molecule has 2 aliphatic heterocycles. The van der Waals surface area contributed by atoms with E-state index in [9.17, 15) is 4.79 Å². The minimum absolute atomic E-state index is 0.0209. The van der Waals surface area contributed by atoms with Crippen LogP contribution in [0.5, 0.6) is 0 Å². The number of nitrogens with one attached hydrogen (secondary N) is 2. The van der Waals surface area contributed by atoms with Gasteiger partial charge in [0.1, 0.15) is 0 Å². The van der Waals surface area contributed by atoms with Crippen molar-refractivity contribution in [2.45, 2.75) is 63.6 Å². The highest BCUT2D eigenvalue weighted by atomic mass is 16.5. The average Bonchev–Trinajstić information content (AvgIpc) is 3.28. The molecule has 0 radical (unpaired) electrons. The van der Waals surface area contributed by atoms with Gasteiger partial charge in [0.15, 0.2) is 0 Å². The smallest absolute Gasteiger partial charge is 0.315 e. The molecule has 2 amide bonds. The van der Waals surface area contributed by atoms with Gasteiger partial charge in [-0.2, -0.15) is 0 Å². The van der Waals surface area contributed by atoms with Crippen LogP contribution in [0.25, 0.3) is 0 Å². The van der Waals surface area contributed by atoms with Gasteiger partial charge in [-0.15, -0.1) is 0 Å². The summed E-state index contributed by atoms with van der Waals surface area (Å²) in [5.41, 5.74) is 0. The molecule has 4 aliphatic rings. The topological polar surface area (TPSA) is 53.6 Å². The van der Waals surface area contributed by atoms with Crippen LogP contribution in [-0.4, -0.2) is 55.4 Å². The lowest BCUT2D eigenvalue weighted by molar-refractivity contribution is -0.0458. The third-order valence-electron chi connectivity index (χ3n) is 6.75. The first kappa shape index (κ1) is 15.7. The Labute approximate surface area is 139 Å². The first-order chi connectivity index (χ1) is 11.2. The van der Waals surface area contributed by atoms with E-state index >= 15 is 0 Å². The Bertz CT molecular complexity index is 444. The number of carbonyl (C=O) groups excluding carboxylic acids is 1. The lowest BCUT2D eigenvalue weighted by atomic mass is 9.84. The number of ether oxygens (including phenoxy) is 1. The van der Waals surface area contributed by atoms with Crippen molar-refractivity contribution >= 4 is 6.03 Å². The normalized spacial score (nSPS) is 40.8. The first-order valence-corrected chi connectivity index (χ1v) is 9.59. The van der Waals surface area contributed by atoms with Crippen LogP contribution in [0, 0.1) is 17.8 Å². The van der Waals surface area contributed by atoms with E-state index in [1.54, 1.807) is 0 Å². The minimum atomic E-state index is -0.0209. The molecule has 5 nitrogen and oxygen atoms in total. The Morgan fingerprint density at radius 3 is 3.00 bits per heavy atom. The maximum Gasteiger partial charge on any atom is 0.315 e. The molecule has 2 saturated carbocycles. The largest absolute Gasteiger partial charge is 0.373 e. The molecule has 5 heteroatoms. The predicted octanol–water partition coefficient (Wildman–Crippen LogP) is 1.97. The summed E-state index contributed by atoms with van der Waals surface area (Å²) in [5, 5.41) is 6.20. The molecule has 2 N–H and O–H groups in total. The molecular weight excluding hydrogens is 290 g/mol. The molecule has 0 spiro atoms. The SMILES string of the molecule is C[C@H](NC(=O)NC[C@@H]1CN2CCC[C@H]2CO1)[C@H]1C[C@H]2CC[C@H]1C2. The van der Waals surface area contributed by atoms with Crippen molar-refractivity contribution in [1.82, 2.24) is 15.5 Å². The van der Waals surface area contributed by atoms with Crippen LogP contribution < -0.4 is 10.6 Å². The summed E-state index contributed by atoms with van der Waals surface area (Å²) in [6.45, 7) is 5.79. The molecule has 6 atom stereocenters. The molecule has 0 aromatic carbocycles. The van der Waals surface area contributed by atoms with E-state index in [0.717, 1.165) is 25.0 Å². The predicted molar refractivity (Wildman–Crippen MR) is 89.3 cm³/mol. The van der Waals surface area contributed by atoms with Crippen molar-refractivity contribution in [3.8, 4) is 0 Å². The summed E-state index contributed by atoms with van der Waals surface area (Å²) in [5.74, 6) is 2.47. The zero-order valence-electron chi connectivity index (χ0n) is 14.3. The van der Waals surface area contributed by atoms with Crippen LogP contribution in [-0.2, 0) is 4.74 Å². The molecule has 2 saturated heterocycles. The Morgan fingerprint density at radius 1 is 1.30 bits per heavy atom. The molecule has 4 fully saturated rings. The summed E-state index contributed by atoms with van der Waals surface area (Å²) in [7, 11) is 0. The number of nitrogens with zero attached hydrogens (tertiary/aromatic N) is 1. The highest BCUT2D eigenvalue weighted by Crippen LogP contribution is 2.49. The fraction of sp³-hybridized carbons (Fsp3) is 0.944. The number of hydrogen-bond donors (Lipinski definition) is 2. The van der Waals surface area contributed by atoms with Crippen molar-refractivity contribution in [3.63, 3.8) is 0 Å². The van der Waals surface area contributed by atoms with Crippen LogP contribution in [0.3, 0.4) is 0 Å².